The summed E-state index contributed by atoms with van der Waals surface area (Å²) in [7, 11) is 0. The van der Waals surface area contributed by atoms with Crippen molar-refractivity contribution in [2.45, 2.75) is 19.8 Å². The number of para-hydroxylation sites is 1. The van der Waals surface area contributed by atoms with E-state index in [0.29, 0.717) is 16.1 Å². The average Bonchev–Trinajstić information content (AvgIpc) is 3.53. The van der Waals surface area contributed by atoms with Crippen LogP contribution in [0.3, 0.4) is 0 Å². The Hall–Kier alpha value is -3.45. The average molecular weight is 431 g/mol. The van der Waals surface area contributed by atoms with Crippen LogP contribution in [-0.4, -0.2) is 39.6 Å². The summed E-state index contributed by atoms with van der Waals surface area (Å²) in [6, 6.07) is 18.9. The van der Waals surface area contributed by atoms with Crippen molar-refractivity contribution < 1.29 is 9.59 Å². The Labute approximate surface area is 184 Å². The van der Waals surface area contributed by atoms with E-state index in [1.165, 1.54) is 11.3 Å². The summed E-state index contributed by atoms with van der Waals surface area (Å²) in [5.41, 5.74) is 3.17. The zero-order valence-corrected chi connectivity index (χ0v) is 18.0. The number of nitrogens with one attached hydrogen (secondary N) is 1. The van der Waals surface area contributed by atoms with E-state index in [9.17, 15) is 9.59 Å². The number of carbonyl (C=O) groups excluding carboxylic acids is 2. The maximum atomic E-state index is 12.9. The molecule has 1 N–H and O–H groups in total. The monoisotopic (exact) mass is 430 g/mol. The number of rotatable bonds is 4. The van der Waals surface area contributed by atoms with E-state index in [-0.39, 0.29) is 11.8 Å². The Morgan fingerprint density at radius 3 is 2.42 bits per heavy atom. The summed E-state index contributed by atoms with van der Waals surface area (Å²) in [4.78, 5) is 28.8. The molecule has 0 aliphatic carbocycles. The van der Waals surface area contributed by atoms with E-state index in [2.05, 4.69) is 10.4 Å². The Morgan fingerprint density at radius 1 is 1.00 bits per heavy atom. The zero-order chi connectivity index (χ0) is 21.4. The van der Waals surface area contributed by atoms with E-state index < -0.39 is 0 Å². The van der Waals surface area contributed by atoms with Gasteiger partial charge < -0.3 is 10.2 Å². The molecule has 1 aliphatic heterocycles. The van der Waals surface area contributed by atoms with E-state index in [4.69, 9.17) is 0 Å². The van der Waals surface area contributed by atoms with Gasteiger partial charge in [-0.2, -0.15) is 5.10 Å². The van der Waals surface area contributed by atoms with E-state index >= 15 is 0 Å². The minimum atomic E-state index is -0.168. The van der Waals surface area contributed by atoms with Gasteiger partial charge in [0.05, 0.1) is 16.3 Å². The number of fused-ring (bicyclic) bond motifs is 1. The van der Waals surface area contributed by atoms with Crippen LogP contribution in [0.5, 0.6) is 0 Å². The van der Waals surface area contributed by atoms with Crippen molar-refractivity contribution in [1.29, 1.82) is 0 Å². The van der Waals surface area contributed by atoms with Crippen molar-refractivity contribution in [3.63, 3.8) is 0 Å². The molecule has 3 heterocycles. The van der Waals surface area contributed by atoms with Crippen LogP contribution >= 0.6 is 11.3 Å². The number of thiophene rings is 1. The molecule has 1 fully saturated rings. The molecule has 0 unspecified atom stereocenters. The van der Waals surface area contributed by atoms with Crippen LogP contribution in [0.4, 0.5) is 5.69 Å². The smallest absolute Gasteiger partial charge is 0.265 e. The summed E-state index contributed by atoms with van der Waals surface area (Å²) in [5.74, 6) is -0.111. The molecular formula is C24H22N4O2S. The van der Waals surface area contributed by atoms with Crippen molar-refractivity contribution in [1.82, 2.24) is 14.7 Å². The standard InChI is InChI=1S/C24H22N4O2S/c1-16-20-15-21(31-24(20)28(26-16)19-7-3-2-4-8-19)22(29)25-18-11-9-17(10-12-18)23(30)27-13-5-6-14-27/h2-4,7-12,15H,5-6,13-14H2,1H3,(H,25,29). The number of benzene rings is 2. The summed E-state index contributed by atoms with van der Waals surface area (Å²) in [6.45, 7) is 3.60. The molecule has 5 rings (SSSR count). The molecule has 4 aromatic rings. The number of likely N-dealkylation sites (tertiary alicyclic amines) is 1. The minimum absolute atomic E-state index is 0.0563. The lowest BCUT2D eigenvalue weighted by Crippen LogP contribution is -2.27. The molecule has 2 aromatic carbocycles. The normalized spacial score (nSPS) is 13.6. The van der Waals surface area contributed by atoms with Crippen molar-refractivity contribution in [2.75, 3.05) is 18.4 Å². The Bertz CT molecular complexity index is 1250. The van der Waals surface area contributed by atoms with Gasteiger partial charge in [-0.15, -0.1) is 11.3 Å². The maximum Gasteiger partial charge on any atom is 0.265 e. The second-order valence-electron chi connectivity index (χ2n) is 7.69. The molecule has 1 saturated heterocycles. The number of carbonyl (C=O) groups is 2. The molecule has 6 nitrogen and oxygen atoms in total. The largest absolute Gasteiger partial charge is 0.339 e. The van der Waals surface area contributed by atoms with Gasteiger partial charge in [0, 0.05) is 29.7 Å². The van der Waals surface area contributed by atoms with Crippen LogP contribution in [0.15, 0.2) is 60.7 Å². The Morgan fingerprint density at radius 2 is 1.71 bits per heavy atom. The van der Waals surface area contributed by atoms with Crippen molar-refractivity contribution >= 4 is 39.1 Å². The highest BCUT2D eigenvalue weighted by molar-refractivity contribution is 7.20. The Balaban J connectivity index is 1.35. The highest BCUT2D eigenvalue weighted by Gasteiger charge is 2.20. The number of amides is 2. The number of hydrogen-bond donors (Lipinski definition) is 1. The number of hydrogen-bond acceptors (Lipinski definition) is 4. The van der Waals surface area contributed by atoms with Gasteiger partial charge in [0.2, 0.25) is 0 Å². The molecule has 2 amide bonds. The fourth-order valence-electron chi connectivity index (χ4n) is 3.89. The third-order valence-corrected chi connectivity index (χ3v) is 6.66. The van der Waals surface area contributed by atoms with Gasteiger partial charge in [0.15, 0.2) is 0 Å². The van der Waals surface area contributed by atoms with Gasteiger partial charge in [-0.3, -0.25) is 9.59 Å². The lowest BCUT2D eigenvalue weighted by atomic mass is 10.2. The number of nitrogens with zero attached hydrogens (tertiary/aromatic N) is 3. The quantitative estimate of drug-likeness (QED) is 0.502. The van der Waals surface area contributed by atoms with Crippen molar-refractivity contribution in [2.24, 2.45) is 0 Å². The van der Waals surface area contributed by atoms with Gasteiger partial charge in [0.1, 0.15) is 4.83 Å². The highest BCUT2D eigenvalue weighted by atomic mass is 32.1. The first kappa shape index (κ1) is 19.5. The first-order valence-corrected chi connectivity index (χ1v) is 11.2. The van der Waals surface area contributed by atoms with E-state index in [0.717, 1.165) is 47.5 Å². The summed E-state index contributed by atoms with van der Waals surface area (Å²) in [6.07, 6.45) is 2.13. The molecule has 156 valence electrons. The van der Waals surface area contributed by atoms with Crippen LogP contribution in [0.1, 0.15) is 38.6 Å². The van der Waals surface area contributed by atoms with Crippen molar-refractivity contribution in [3.05, 3.63) is 76.8 Å². The lowest BCUT2D eigenvalue weighted by Gasteiger charge is -2.15. The van der Waals surface area contributed by atoms with Gasteiger partial charge in [0.25, 0.3) is 11.8 Å². The predicted octanol–water partition coefficient (Wildman–Crippen LogP) is 4.88. The van der Waals surface area contributed by atoms with Gasteiger partial charge in [-0.25, -0.2) is 4.68 Å². The summed E-state index contributed by atoms with van der Waals surface area (Å²) in [5, 5.41) is 8.54. The van der Waals surface area contributed by atoms with Crippen molar-refractivity contribution in [3.8, 4) is 5.69 Å². The molecule has 0 spiro atoms. The molecule has 7 heteroatoms. The molecular weight excluding hydrogens is 408 g/mol. The van der Waals surface area contributed by atoms with Crippen LogP contribution < -0.4 is 5.32 Å². The topological polar surface area (TPSA) is 67.2 Å². The van der Waals surface area contributed by atoms with Crippen LogP contribution in [-0.2, 0) is 0 Å². The predicted molar refractivity (Wildman–Crippen MR) is 123 cm³/mol. The highest BCUT2D eigenvalue weighted by Crippen LogP contribution is 2.31. The third-order valence-electron chi connectivity index (χ3n) is 5.55. The van der Waals surface area contributed by atoms with E-state index in [1.807, 2.05) is 52.9 Å². The Kier molecular flexibility index (Phi) is 5.03. The fraction of sp³-hybridized carbons (Fsp3) is 0.208. The molecule has 31 heavy (non-hydrogen) atoms. The maximum absolute atomic E-state index is 12.9. The first-order chi connectivity index (χ1) is 15.1. The van der Waals surface area contributed by atoms with Gasteiger partial charge in [-0.05, 0) is 62.2 Å². The fourth-order valence-corrected chi connectivity index (χ4v) is 4.97. The second kappa shape index (κ2) is 8.00. The van der Waals surface area contributed by atoms with Crippen LogP contribution in [0.25, 0.3) is 15.9 Å². The number of aromatic nitrogens is 2. The van der Waals surface area contributed by atoms with Gasteiger partial charge in [-0.1, -0.05) is 18.2 Å². The third kappa shape index (κ3) is 3.72. The summed E-state index contributed by atoms with van der Waals surface area (Å²) >= 11 is 1.42. The van der Waals surface area contributed by atoms with Crippen LogP contribution in [0, 0.1) is 6.92 Å². The molecule has 0 radical (unpaired) electrons. The number of aryl methyl sites for hydroxylation is 1. The molecule has 1 aliphatic rings. The molecule has 2 aromatic heterocycles. The van der Waals surface area contributed by atoms with Crippen LogP contribution in [0.2, 0.25) is 0 Å². The second-order valence-corrected chi connectivity index (χ2v) is 8.72. The van der Waals surface area contributed by atoms with E-state index in [1.54, 1.807) is 24.3 Å². The summed E-state index contributed by atoms with van der Waals surface area (Å²) < 4.78 is 1.88. The van der Waals surface area contributed by atoms with Gasteiger partial charge >= 0.3 is 0 Å². The first-order valence-electron chi connectivity index (χ1n) is 10.4. The minimum Gasteiger partial charge on any atom is -0.339 e. The SMILES string of the molecule is Cc1nn(-c2ccccc2)c2sc(C(=O)Nc3ccc(C(=O)N4CCCC4)cc3)cc12. The zero-order valence-electron chi connectivity index (χ0n) is 17.2. The molecule has 0 atom stereocenters. The molecule has 0 bridgehead atoms. The molecule has 0 saturated carbocycles. The number of anilines is 1. The lowest BCUT2D eigenvalue weighted by molar-refractivity contribution is 0.0792.